The molecule has 5 heteroatoms. The van der Waals surface area contributed by atoms with Crippen molar-refractivity contribution < 1.29 is 9.47 Å². The van der Waals surface area contributed by atoms with Gasteiger partial charge >= 0.3 is 0 Å². The van der Waals surface area contributed by atoms with E-state index in [2.05, 4.69) is 439 Å². The van der Waals surface area contributed by atoms with Gasteiger partial charge in [0.05, 0.1) is 16.5 Å². The van der Waals surface area contributed by atoms with Crippen LogP contribution in [-0.4, -0.2) is 0 Å². The van der Waals surface area contributed by atoms with Crippen molar-refractivity contribution in [3.63, 3.8) is 0 Å². The molecule has 0 saturated carbocycles. The van der Waals surface area contributed by atoms with Gasteiger partial charge in [0.25, 0.3) is 0 Å². The average Bonchev–Trinajstić information content (AvgIpc) is 1.50. The van der Waals surface area contributed by atoms with Gasteiger partial charge in [0.2, 0.25) is 0 Å². The summed E-state index contributed by atoms with van der Waals surface area (Å²) in [6.45, 7) is 0. The summed E-state index contributed by atoms with van der Waals surface area (Å²) in [4.78, 5) is 2.43. The Labute approximate surface area is 662 Å². The van der Waals surface area contributed by atoms with E-state index in [9.17, 15) is 0 Å². The van der Waals surface area contributed by atoms with Crippen molar-refractivity contribution in [1.29, 1.82) is 0 Å². The Hall–Kier alpha value is -13.8. The first kappa shape index (κ1) is 68.7. The number of hydrogen-bond donors (Lipinski definition) is 1. The van der Waals surface area contributed by atoms with E-state index < -0.39 is 10.8 Å². The lowest BCUT2D eigenvalue weighted by Crippen LogP contribution is -2.32. The van der Waals surface area contributed by atoms with Gasteiger partial charge in [-0.25, -0.2) is 0 Å². The van der Waals surface area contributed by atoms with E-state index in [0.29, 0.717) is 0 Å². The Morgan fingerprint density at radius 2 is 0.616 bits per heavy atom. The number of hydrogen-bond acceptors (Lipinski definition) is 4. The first-order valence-corrected chi connectivity index (χ1v) is 38.7. The fraction of sp³-hybridized carbons (Fsp3) is 0.0280. The standard InChI is InChI=1S/C53H35NO.C29H17BrO.C24H19N.CH4/c1-3-15-36(16-4-1)37-27-30-40(31-28-37)54(49-24-12-9-20-42(49)38-17-5-2-6-18-38)41-32-33-44-48(35-41)53(47-34-29-39-19-7-8-21-43(39)52(44)47)45-22-10-13-25-50(45)55-51-26-14-11-23-46(51)53;30-19-14-15-21-25(17-19)29(24-16-13-18-7-1-2-8-20(18)28(21)24)22-9-3-5-11-26(22)31-27-12-6-4-10-23(27)29;1-3-9-19(10-4-1)20-15-17-22(18-16-20)25-24-14-8-7-13-23(24)21-11-5-2-6-12-21;/h1-35H;1-17H;1-18,25H;1H4. The van der Waals surface area contributed by atoms with Crippen LogP contribution in [0.15, 0.2) is 429 Å². The molecular formula is C107H75BrN2O2. The van der Waals surface area contributed by atoms with Crippen molar-refractivity contribution in [3.05, 3.63) is 474 Å². The summed E-state index contributed by atoms with van der Waals surface area (Å²) in [5.74, 6) is 3.63. The van der Waals surface area contributed by atoms with Gasteiger partial charge in [-0.3, -0.25) is 0 Å². The lowest BCUT2D eigenvalue weighted by Gasteiger charge is -2.39. The van der Waals surface area contributed by atoms with E-state index in [1.165, 1.54) is 122 Å². The molecule has 2 aliphatic heterocycles. The smallest absolute Gasteiger partial charge is 0.132 e. The van der Waals surface area contributed by atoms with Crippen LogP contribution >= 0.6 is 15.9 Å². The van der Waals surface area contributed by atoms with Crippen LogP contribution in [0.25, 0.3) is 88.3 Å². The third-order valence-corrected chi connectivity index (χ3v) is 23.1. The summed E-state index contributed by atoms with van der Waals surface area (Å²) in [6, 6.07) is 152. The van der Waals surface area contributed by atoms with Gasteiger partial charge in [-0.2, -0.15) is 0 Å². The van der Waals surface area contributed by atoms with Crippen molar-refractivity contribution in [1.82, 2.24) is 0 Å². The van der Waals surface area contributed by atoms with Crippen LogP contribution in [0, 0.1) is 0 Å². The van der Waals surface area contributed by atoms with Gasteiger partial charge in [-0.15, -0.1) is 0 Å². The van der Waals surface area contributed by atoms with Gasteiger partial charge in [0.15, 0.2) is 0 Å². The summed E-state index contributed by atoms with van der Waals surface area (Å²) in [7, 11) is 0. The number of ether oxygens (including phenoxy) is 2. The summed E-state index contributed by atoms with van der Waals surface area (Å²) < 4.78 is 14.2. The van der Waals surface area contributed by atoms with E-state index in [1.54, 1.807) is 0 Å². The predicted molar refractivity (Wildman–Crippen MR) is 470 cm³/mol. The highest BCUT2D eigenvalue weighted by Crippen LogP contribution is 2.66. The molecule has 532 valence electrons. The molecule has 0 bridgehead atoms. The van der Waals surface area contributed by atoms with Crippen LogP contribution in [0.1, 0.15) is 51.9 Å². The SMILES string of the molecule is Brc1ccc2c(c1)C1(c3ccccc3Oc3ccccc31)c1ccc3ccccc3c1-2.C.c1ccc(-c2ccc(N(c3ccc4c(c3)C3(c5ccccc5Oc5ccccc53)c3ccc5ccccc5c3-4)c3ccccc3-c3ccccc3)cc2)cc1.c1ccc(-c2ccc(Nc3ccccc3-c3ccccc3)cc2)cc1. The Kier molecular flexibility index (Phi) is 17.8. The lowest BCUT2D eigenvalue weighted by molar-refractivity contribution is 0.436. The molecule has 0 unspecified atom stereocenters. The first-order chi connectivity index (χ1) is 55.0. The fourth-order valence-electron chi connectivity index (χ4n) is 17.8. The largest absolute Gasteiger partial charge is 0.457 e. The van der Waals surface area contributed by atoms with Gasteiger partial charge in [0, 0.05) is 60.6 Å². The maximum absolute atomic E-state index is 6.70. The molecule has 0 atom stereocenters. The lowest BCUT2D eigenvalue weighted by atomic mass is 9.66. The van der Waals surface area contributed by atoms with Crippen LogP contribution in [0.5, 0.6) is 23.0 Å². The molecule has 4 aliphatic rings. The molecule has 4 nitrogen and oxygen atoms in total. The van der Waals surface area contributed by atoms with E-state index in [4.69, 9.17) is 9.47 Å². The van der Waals surface area contributed by atoms with Gasteiger partial charge in [-0.1, -0.05) is 363 Å². The number of anilines is 5. The zero-order chi connectivity index (χ0) is 73.8. The Balaban J connectivity index is 0.000000125. The zero-order valence-electron chi connectivity index (χ0n) is 60.6. The summed E-state index contributed by atoms with van der Waals surface area (Å²) in [6.07, 6.45) is 0. The van der Waals surface area contributed by atoms with Crippen molar-refractivity contribution >= 4 is 65.9 Å². The van der Waals surface area contributed by atoms with Crippen molar-refractivity contribution in [2.24, 2.45) is 0 Å². The first-order valence-electron chi connectivity index (χ1n) is 37.9. The monoisotopic (exact) mass is 1500 g/mol. The number of halogens is 1. The van der Waals surface area contributed by atoms with E-state index >= 15 is 0 Å². The highest BCUT2D eigenvalue weighted by Gasteiger charge is 2.53. The normalized spacial score (nSPS) is 12.7. The van der Waals surface area contributed by atoms with Gasteiger partial charge < -0.3 is 19.7 Å². The van der Waals surface area contributed by atoms with Crippen LogP contribution in [0.4, 0.5) is 28.4 Å². The molecule has 18 aromatic rings. The molecule has 0 saturated heterocycles. The van der Waals surface area contributed by atoms with Gasteiger partial charge in [-0.05, 0) is 184 Å². The minimum Gasteiger partial charge on any atom is -0.457 e. The molecule has 0 amide bonds. The Morgan fingerprint density at radius 3 is 1.12 bits per heavy atom. The topological polar surface area (TPSA) is 33.7 Å². The maximum atomic E-state index is 6.70. The Morgan fingerprint density at radius 1 is 0.250 bits per heavy atom. The van der Waals surface area contributed by atoms with Crippen molar-refractivity contribution in [2.45, 2.75) is 18.3 Å². The van der Waals surface area contributed by atoms with Crippen molar-refractivity contribution in [2.75, 3.05) is 10.2 Å². The number of benzene rings is 18. The maximum Gasteiger partial charge on any atom is 0.132 e. The number of fused-ring (bicyclic) bond motifs is 22. The molecule has 2 heterocycles. The summed E-state index contributed by atoms with van der Waals surface area (Å²) in [5.41, 5.74) is 29.1. The minimum atomic E-state index is -0.599. The second-order valence-electron chi connectivity index (χ2n) is 28.6. The molecule has 112 heavy (non-hydrogen) atoms. The number of nitrogens with zero attached hydrogens (tertiary/aromatic N) is 1. The third kappa shape index (κ3) is 11.6. The fourth-order valence-corrected chi connectivity index (χ4v) is 18.2. The molecule has 2 spiro atoms. The third-order valence-electron chi connectivity index (χ3n) is 22.6. The number of para-hydroxylation sites is 6. The molecule has 1 N–H and O–H groups in total. The molecule has 0 radical (unpaired) electrons. The second kappa shape index (κ2) is 29.0. The van der Waals surface area contributed by atoms with E-state index in [0.717, 1.165) is 67.0 Å². The van der Waals surface area contributed by atoms with E-state index in [1.807, 2.05) is 12.1 Å². The second-order valence-corrected chi connectivity index (χ2v) is 29.6. The van der Waals surface area contributed by atoms with E-state index in [-0.39, 0.29) is 7.43 Å². The molecule has 0 fully saturated rings. The van der Waals surface area contributed by atoms with Crippen LogP contribution in [0.3, 0.4) is 0 Å². The van der Waals surface area contributed by atoms with Gasteiger partial charge in [0.1, 0.15) is 23.0 Å². The summed E-state index contributed by atoms with van der Waals surface area (Å²) in [5, 5.41) is 8.60. The zero-order valence-corrected chi connectivity index (χ0v) is 62.1. The highest BCUT2D eigenvalue weighted by molar-refractivity contribution is 9.10. The molecule has 22 rings (SSSR count). The molecule has 18 aromatic carbocycles. The molecular weight excluding hydrogens is 1430 g/mol. The average molecular weight is 1500 g/mol. The van der Waals surface area contributed by atoms with Crippen LogP contribution in [-0.2, 0) is 10.8 Å². The predicted octanol–water partition coefficient (Wildman–Crippen LogP) is 29.6. The minimum absolute atomic E-state index is 0. The van der Waals surface area contributed by atoms with Crippen LogP contribution in [0.2, 0.25) is 0 Å². The number of nitrogens with one attached hydrogen (secondary N) is 1. The van der Waals surface area contributed by atoms with Crippen molar-refractivity contribution in [3.8, 4) is 89.8 Å². The molecule has 0 aromatic heterocycles. The summed E-state index contributed by atoms with van der Waals surface area (Å²) >= 11 is 3.76. The molecule has 2 aliphatic carbocycles. The Bertz CT molecular complexity index is 6470. The van der Waals surface area contributed by atoms with Crippen LogP contribution < -0.4 is 19.7 Å². The highest BCUT2D eigenvalue weighted by atomic mass is 79.9. The quantitative estimate of drug-likeness (QED) is 0.156. The number of rotatable bonds is 9.